The minimum atomic E-state index is -0.0946. The smallest absolute Gasteiger partial charge is 0.185 e. The lowest BCUT2D eigenvalue weighted by molar-refractivity contribution is 0.564. The van der Waals surface area contributed by atoms with Crippen molar-refractivity contribution in [2.24, 2.45) is 0 Å². The molecular formula is C67H94N6. The van der Waals surface area contributed by atoms with E-state index in [-0.39, 0.29) is 54.7 Å². The van der Waals surface area contributed by atoms with Crippen molar-refractivity contribution in [1.29, 1.82) is 10.5 Å². The fraction of sp³-hybridized carbons (Fsp3) is 0.552. The van der Waals surface area contributed by atoms with Crippen molar-refractivity contribution in [1.82, 2.24) is 9.97 Å². The molecule has 0 unspecified atom stereocenters. The van der Waals surface area contributed by atoms with Crippen LogP contribution in [0.2, 0.25) is 0 Å². The molecule has 5 rings (SSSR count). The molecule has 0 aliphatic carbocycles. The standard InChI is InChI=1S/C67H94N6/c1-60(2,3)48-27-44(28-49(35-48)61(4,5)6)25-26-72(41-45-29-50(62(7,8)9)36-51(30-45)63(10,11)12)58-56(39-68)71-59(57(40-69)70-58)73(42-46-31-52(64(13,14)15)37-53(32-46)65(16,17)18)43-47-33-54(66(19,20)21)38-55(34-47)67(22,23)24/h27-38H,25-26,41-43H2,1-24H3. The van der Waals surface area contributed by atoms with Crippen molar-refractivity contribution in [3.63, 3.8) is 0 Å². The van der Waals surface area contributed by atoms with E-state index in [1.54, 1.807) is 0 Å². The summed E-state index contributed by atoms with van der Waals surface area (Å²) in [5, 5.41) is 22.7. The average Bonchev–Trinajstić information content (AvgIpc) is 3.24. The Kier molecular flexibility index (Phi) is 16.6. The highest BCUT2D eigenvalue weighted by Crippen LogP contribution is 2.37. The van der Waals surface area contributed by atoms with Gasteiger partial charge in [-0.25, -0.2) is 9.97 Å². The van der Waals surface area contributed by atoms with E-state index >= 15 is 0 Å². The first kappa shape index (κ1) is 58.4. The van der Waals surface area contributed by atoms with Crippen molar-refractivity contribution < 1.29 is 0 Å². The number of nitriles is 2. The molecule has 1 aromatic heterocycles. The molecule has 392 valence electrons. The fourth-order valence-electron chi connectivity index (χ4n) is 9.05. The first-order chi connectivity index (χ1) is 33.1. The molecule has 1 heterocycles. The number of aromatic nitrogens is 2. The molecular weight excluding hydrogens is 889 g/mol. The van der Waals surface area contributed by atoms with Crippen LogP contribution >= 0.6 is 0 Å². The van der Waals surface area contributed by atoms with Gasteiger partial charge in [-0.05, 0) is 117 Å². The van der Waals surface area contributed by atoms with E-state index in [1.165, 1.54) is 50.1 Å². The number of benzene rings is 4. The van der Waals surface area contributed by atoms with E-state index in [0.29, 0.717) is 44.2 Å². The SMILES string of the molecule is CC(C)(C)c1cc(CCN(Cc2cc(C(C)(C)C)cc(C(C)(C)C)c2)c2nc(C#N)c(N(Cc3cc(C(C)(C)C)cc(C(C)(C)C)c3)Cc3cc(C(C)(C)C)cc(C(C)(C)C)c3)nc2C#N)cc(C(C)(C)C)c1. The predicted molar refractivity (Wildman–Crippen MR) is 311 cm³/mol. The second-order valence-electron chi connectivity index (χ2n) is 29.5. The van der Waals surface area contributed by atoms with Gasteiger partial charge in [0.2, 0.25) is 0 Å². The lowest BCUT2D eigenvalue weighted by Gasteiger charge is -2.32. The third-order valence-electron chi connectivity index (χ3n) is 14.4. The summed E-state index contributed by atoms with van der Waals surface area (Å²) >= 11 is 0. The van der Waals surface area contributed by atoms with Crippen molar-refractivity contribution in [2.45, 2.75) is 236 Å². The van der Waals surface area contributed by atoms with Crippen LogP contribution < -0.4 is 9.80 Å². The number of hydrogen-bond acceptors (Lipinski definition) is 6. The highest BCUT2D eigenvalue weighted by molar-refractivity contribution is 5.61. The largest absolute Gasteiger partial charge is 0.350 e. The van der Waals surface area contributed by atoms with E-state index in [0.717, 1.165) is 16.7 Å². The monoisotopic (exact) mass is 983 g/mol. The lowest BCUT2D eigenvalue weighted by atomic mass is 9.79. The maximum absolute atomic E-state index is 11.4. The van der Waals surface area contributed by atoms with Crippen LogP contribution in [0.1, 0.15) is 244 Å². The van der Waals surface area contributed by atoms with Gasteiger partial charge in [-0.15, -0.1) is 0 Å². The number of hydrogen-bond donors (Lipinski definition) is 0. The summed E-state index contributed by atoms with van der Waals surface area (Å²) in [5.41, 5.74) is 14.5. The van der Waals surface area contributed by atoms with Crippen molar-refractivity contribution in [3.8, 4) is 12.1 Å². The van der Waals surface area contributed by atoms with Gasteiger partial charge < -0.3 is 9.80 Å². The van der Waals surface area contributed by atoms with Gasteiger partial charge in [0.05, 0.1) is 0 Å². The summed E-state index contributed by atoms with van der Waals surface area (Å²) in [7, 11) is 0. The van der Waals surface area contributed by atoms with Gasteiger partial charge >= 0.3 is 0 Å². The summed E-state index contributed by atoms with van der Waals surface area (Å²) < 4.78 is 0. The van der Waals surface area contributed by atoms with Crippen LogP contribution in [0.15, 0.2) is 72.8 Å². The Morgan fingerprint density at radius 1 is 0.315 bits per heavy atom. The molecule has 0 aliphatic rings. The summed E-state index contributed by atoms with van der Waals surface area (Å²) in [5.74, 6) is 0.843. The molecule has 0 N–H and O–H groups in total. The molecule has 0 saturated heterocycles. The molecule has 0 atom stereocenters. The topological polar surface area (TPSA) is 79.8 Å². The summed E-state index contributed by atoms with van der Waals surface area (Å²) in [6, 6.07) is 33.0. The van der Waals surface area contributed by atoms with Crippen molar-refractivity contribution in [3.05, 3.63) is 151 Å². The molecule has 0 fully saturated rings. The molecule has 0 aliphatic heterocycles. The first-order valence-electron chi connectivity index (χ1n) is 26.9. The van der Waals surface area contributed by atoms with Crippen molar-refractivity contribution in [2.75, 3.05) is 16.3 Å². The van der Waals surface area contributed by atoms with E-state index in [4.69, 9.17) is 9.97 Å². The average molecular weight is 984 g/mol. The van der Waals surface area contributed by atoms with Gasteiger partial charge in [-0.3, -0.25) is 0 Å². The molecule has 0 amide bonds. The zero-order valence-corrected chi connectivity index (χ0v) is 50.1. The quantitative estimate of drug-likeness (QED) is 0.131. The lowest BCUT2D eigenvalue weighted by Crippen LogP contribution is -2.31. The molecule has 6 heteroatoms. The molecule has 0 bridgehead atoms. The van der Waals surface area contributed by atoms with Gasteiger partial charge in [-0.1, -0.05) is 239 Å². The second kappa shape index (κ2) is 20.7. The number of rotatable bonds is 11. The van der Waals surface area contributed by atoms with Gasteiger partial charge in [0.15, 0.2) is 23.0 Å². The van der Waals surface area contributed by atoms with E-state index in [2.05, 4.69) is 261 Å². The molecule has 5 aromatic rings. The minimum Gasteiger partial charge on any atom is -0.350 e. The Balaban J connectivity index is 1.80. The van der Waals surface area contributed by atoms with Gasteiger partial charge in [0, 0.05) is 26.2 Å². The Labute approximate surface area is 445 Å². The van der Waals surface area contributed by atoms with E-state index < -0.39 is 0 Å². The highest BCUT2D eigenvalue weighted by atomic mass is 15.2. The Morgan fingerprint density at radius 3 is 0.740 bits per heavy atom. The third-order valence-corrected chi connectivity index (χ3v) is 14.4. The minimum absolute atomic E-state index is 0.0416. The van der Waals surface area contributed by atoms with Gasteiger partial charge in [-0.2, -0.15) is 10.5 Å². The summed E-state index contributed by atoms with van der Waals surface area (Å²) in [6.07, 6.45) is 0.709. The van der Waals surface area contributed by atoms with E-state index in [9.17, 15) is 10.5 Å². The first-order valence-corrected chi connectivity index (χ1v) is 26.9. The highest BCUT2D eigenvalue weighted by Gasteiger charge is 2.29. The van der Waals surface area contributed by atoms with Crippen LogP contribution in [0.5, 0.6) is 0 Å². The molecule has 73 heavy (non-hydrogen) atoms. The second-order valence-corrected chi connectivity index (χ2v) is 29.5. The predicted octanol–water partition coefficient (Wildman–Crippen LogP) is 17.1. The molecule has 6 nitrogen and oxygen atoms in total. The van der Waals surface area contributed by atoms with Crippen molar-refractivity contribution >= 4 is 11.6 Å². The Hall–Kier alpha value is -5.46. The maximum atomic E-state index is 11.4. The summed E-state index contributed by atoms with van der Waals surface area (Å²) in [4.78, 5) is 15.0. The van der Waals surface area contributed by atoms with Crippen LogP contribution in [-0.4, -0.2) is 16.5 Å². The van der Waals surface area contributed by atoms with Gasteiger partial charge in [0.25, 0.3) is 0 Å². The Bertz CT molecular complexity index is 2650. The number of nitrogens with zero attached hydrogens (tertiary/aromatic N) is 6. The maximum Gasteiger partial charge on any atom is 0.185 e. The van der Waals surface area contributed by atoms with E-state index in [1.807, 2.05) is 0 Å². The molecule has 0 saturated carbocycles. The van der Waals surface area contributed by atoms with Crippen LogP contribution in [0, 0.1) is 22.7 Å². The van der Waals surface area contributed by atoms with Crippen LogP contribution in [0.25, 0.3) is 0 Å². The third kappa shape index (κ3) is 15.1. The molecule has 4 aromatic carbocycles. The molecule has 0 radical (unpaired) electrons. The van der Waals surface area contributed by atoms with Crippen LogP contribution in [0.3, 0.4) is 0 Å². The molecule has 0 spiro atoms. The van der Waals surface area contributed by atoms with Crippen LogP contribution in [-0.2, 0) is 69.4 Å². The normalized spacial score (nSPS) is 13.2. The zero-order valence-electron chi connectivity index (χ0n) is 50.1. The number of anilines is 2. The Morgan fingerprint density at radius 2 is 0.521 bits per heavy atom. The van der Waals surface area contributed by atoms with Crippen LogP contribution in [0.4, 0.5) is 11.6 Å². The fourth-order valence-corrected chi connectivity index (χ4v) is 9.05. The summed E-state index contributed by atoms with van der Waals surface area (Å²) in [6.45, 7) is 56.4. The zero-order chi connectivity index (χ0) is 55.2. The van der Waals surface area contributed by atoms with Gasteiger partial charge in [0.1, 0.15) is 12.1 Å².